The highest BCUT2D eigenvalue weighted by Gasteiger charge is 2.45. The third kappa shape index (κ3) is 8.03. The SMILES string of the molecule is CNC(C)C.CNc1nc(CNC2(c3ccccc3)CCC(c3ccccc3)(N(C)C)CC2)nc(N(C)C(C)C)n1. The van der Waals surface area contributed by atoms with Crippen molar-refractivity contribution in [1.29, 1.82) is 0 Å². The first-order valence-corrected chi connectivity index (χ1v) is 14.9. The highest BCUT2D eigenvalue weighted by atomic mass is 15.3. The molecule has 0 atom stereocenters. The van der Waals surface area contributed by atoms with Gasteiger partial charge >= 0.3 is 0 Å². The molecule has 8 heteroatoms. The molecule has 224 valence electrons. The molecule has 1 aromatic heterocycles. The average Bonchev–Trinajstić information content (AvgIpc) is 3.00. The van der Waals surface area contributed by atoms with E-state index in [0.717, 1.165) is 31.5 Å². The van der Waals surface area contributed by atoms with E-state index in [1.807, 2.05) is 21.1 Å². The minimum absolute atomic E-state index is 0.0286. The van der Waals surface area contributed by atoms with Crippen LogP contribution in [0.4, 0.5) is 11.9 Å². The van der Waals surface area contributed by atoms with Crippen LogP contribution < -0.4 is 20.9 Å². The van der Waals surface area contributed by atoms with Gasteiger partial charge in [-0.2, -0.15) is 15.0 Å². The third-order valence-corrected chi connectivity index (χ3v) is 8.57. The summed E-state index contributed by atoms with van der Waals surface area (Å²) in [7, 11) is 10.3. The van der Waals surface area contributed by atoms with E-state index < -0.39 is 0 Å². The second-order valence-corrected chi connectivity index (χ2v) is 11.9. The van der Waals surface area contributed by atoms with Gasteiger partial charge < -0.3 is 20.9 Å². The maximum absolute atomic E-state index is 4.81. The molecule has 0 unspecified atom stereocenters. The van der Waals surface area contributed by atoms with E-state index >= 15 is 0 Å². The van der Waals surface area contributed by atoms with Gasteiger partial charge in [0.25, 0.3) is 0 Å². The van der Waals surface area contributed by atoms with Crippen LogP contribution in [-0.2, 0) is 17.6 Å². The Morgan fingerprint density at radius 2 is 1.29 bits per heavy atom. The second-order valence-electron chi connectivity index (χ2n) is 11.9. The van der Waals surface area contributed by atoms with Crippen LogP contribution in [0.25, 0.3) is 0 Å². The smallest absolute Gasteiger partial charge is 0.230 e. The Hall–Kier alpha value is -3.07. The summed E-state index contributed by atoms with van der Waals surface area (Å²) >= 11 is 0. The van der Waals surface area contributed by atoms with Gasteiger partial charge in [-0.15, -0.1) is 0 Å². The second kappa shape index (κ2) is 14.7. The number of benzene rings is 2. The molecule has 1 fully saturated rings. The molecule has 0 spiro atoms. The van der Waals surface area contributed by atoms with E-state index in [1.54, 1.807) is 0 Å². The maximum atomic E-state index is 4.81. The zero-order valence-corrected chi connectivity index (χ0v) is 26.7. The van der Waals surface area contributed by atoms with Gasteiger partial charge in [0.15, 0.2) is 0 Å². The van der Waals surface area contributed by atoms with Gasteiger partial charge in [-0.3, -0.25) is 4.90 Å². The van der Waals surface area contributed by atoms with E-state index in [9.17, 15) is 0 Å². The van der Waals surface area contributed by atoms with Crippen LogP contribution in [0.2, 0.25) is 0 Å². The molecule has 0 radical (unpaired) electrons. The van der Waals surface area contributed by atoms with Crippen molar-refractivity contribution in [3.8, 4) is 0 Å². The lowest BCUT2D eigenvalue weighted by atomic mass is 9.66. The molecule has 1 heterocycles. The number of nitrogens with one attached hydrogen (secondary N) is 3. The summed E-state index contributed by atoms with van der Waals surface area (Å²) in [6.45, 7) is 9.07. The van der Waals surface area contributed by atoms with Crippen LogP contribution in [0.5, 0.6) is 0 Å². The van der Waals surface area contributed by atoms with Crippen LogP contribution in [0.15, 0.2) is 60.7 Å². The van der Waals surface area contributed by atoms with Crippen LogP contribution in [0.1, 0.15) is 70.3 Å². The normalized spacial score (nSPS) is 20.6. The quantitative estimate of drug-likeness (QED) is 0.305. The van der Waals surface area contributed by atoms with E-state index in [1.165, 1.54) is 11.1 Å². The van der Waals surface area contributed by atoms with Crippen LogP contribution in [0.3, 0.4) is 0 Å². The molecule has 4 rings (SSSR count). The summed E-state index contributed by atoms with van der Waals surface area (Å²) in [5.74, 6) is 2.03. The van der Waals surface area contributed by atoms with E-state index in [-0.39, 0.29) is 11.1 Å². The Morgan fingerprint density at radius 1 is 0.756 bits per heavy atom. The van der Waals surface area contributed by atoms with Gasteiger partial charge in [-0.1, -0.05) is 74.5 Å². The Bertz CT molecular complexity index is 1170. The molecule has 8 nitrogen and oxygen atoms in total. The predicted octanol–water partition coefficient (Wildman–Crippen LogP) is 5.39. The summed E-state index contributed by atoms with van der Waals surface area (Å²) < 4.78 is 0. The minimum atomic E-state index is -0.147. The standard InChI is InChI=1S/C29H41N7.C4H11N/c1-22(2)36(6)27-33-25(32-26(30-3)34-27)21-31-28(23-13-9-7-10-14-23)17-19-29(20-18-28,35(4)5)24-15-11-8-12-16-24;1-4(2)5-3/h7-16,22,31H,17-21H2,1-6H3,(H,30,32,33,34);4-5H,1-3H3. The van der Waals surface area contributed by atoms with Gasteiger partial charge in [0, 0.05) is 37.3 Å². The van der Waals surface area contributed by atoms with Gasteiger partial charge in [0.05, 0.1) is 6.54 Å². The molecule has 3 aromatic rings. The number of nitrogens with zero attached hydrogens (tertiary/aromatic N) is 5. The topological polar surface area (TPSA) is 81.2 Å². The molecule has 0 saturated heterocycles. The fourth-order valence-corrected chi connectivity index (χ4v) is 5.39. The molecule has 1 aliphatic rings. The molecule has 3 N–H and O–H groups in total. The van der Waals surface area contributed by atoms with Crippen molar-refractivity contribution in [1.82, 2.24) is 30.5 Å². The van der Waals surface area contributed by atoms with Crippen molar-refractivity contribution >= 4 is 11.9 Å². The first-order chi connectivity index (χ1) is 19.6. The molecule has 0 amide bonds. The molecule has 0 aliphatic heterocycles. The predicted molar refractivity (Wildman–Crippen MR) is 172 cm³/mol. The number of hydrogen-bond acceptors (Lipinski definition) is 8. The third-order valence-electron chi connectivity index (χ3n) is 8.57. The Kier molecular flexibility index (Phi) is 11.6. The number of hydrogen-bond donors (Lipinski definition) is 3. The molecule has 41 heavy (non-hydrogen) atoms. The summed E-state index contributed by atoms with van der Waals surface area (Å²) in [5.41, 5.74) is 2.61. The molecular weight excluding hydrogens is 508 g/mol. The Morgan fingerprint density at radius 3 is 1.76 bits per heavy atom. The Balaban J connectivity index is 0.000000850. The number of rotatable bonds is 10. The molecule has 0 bridgehead atoms. The van der Waals surface area contributed by atoms with Crippen molar-refractivity contribution in [3.05, 3.63) is 77.6 Å². The van der Waals surface area contributed by atoms with Gasteiger partial charge in [0.2, 0.25) is 11.9 Å². The van der Waals surface area contributed by atoms with E-state index in [2.05, 4.69) is 138 Å². The fourth-order valence-electron chi connectivity index (χ4n) is 5.39. The lowest BCUT2D eigenvalue weighted by Gasteiger charge is -2.50. The van der Waals surface area contributed by atoms with Crippen molar-refractivity contribution < 1.29 is 0 Å². The monoisotopic (exact) mass is 560 g/mol. The van der Waals surface area contributed by atoms with Crippen molar-refractivity contribution in [2.45, 2.75) is 83.1 Å². The van der Waals surface area contributed by atoms with E-state index in [0.29, 0.717) is 30.5 Å². The van der Waals surface area contributed by atoms with Crippen molar-refractivity contribution in [2.75, 3.05) is 45.5 Å². The maximum Gasteiger partial charge on any atom is 0.230 e. The van der Waals surface area contributed by atoms with Gasteiger partial charge in [-0.05, 0) is 71.8 Å². The fraction of sp³-hybridized carbons (Fsp3) is 0.545. The first-order valence-electron chi connectivity index (χ1n) is 14.9. The van der Waals surface area contributed by atoms with Crippen molar-refractivity contribution in [3.63, 3.8) is 0 Å². The molecule has 1 aliphatic carbocycles. The zero-order chi connectivity index (χ0) is 30.0. The molecular formula is C33H52N8. The summed E-state index contributed by atoms with van der Waals surface area (Å²) in [6.07, 6.45) is 4.16. The van der Waals surface area contributed by atoms with Crippen molar-refractivity contribution in [2.24, 2.45) is 0 Å². The molecule has 1 saturated carbocycles. The number of anilines is 2. The summed E-state index contributed by atoms with van der Waals surface area (Å²) in [5, 5.41) is 10.1. The number of aromatic nitrogens is 3. The van der Waals surface area contributed by atoms with E-state index in [4.69, 9.17) is 4.98 Å². The highest BCUT2D eigenvalue weighted by molar-refractivity contribution is 5.37. The summed E-state index contributed by atoms with van der Waals surface area (Å²) in [4.78, 5) is 18.5. The van der Waals surface area contributed by atoms with Gasteiger partial charge in [-0.25, -0.2) is 0 Å². The van der Waals surface area contributed by atoms with Gasteiger partial charge in [0.1, 0.15) is 5.82 Å². The van der Waals surface area contributed by atoms with Crippen LogP contribution in [0, 0.1) is 0 Å². The van der Waals surface area contributed by atoms with Crippen LogP contribution >= 0.6 is 0 Å². The zero-order valence-electron chi connectivity index (χ0n) is 26.7. The minimum Gasteiger partial charge on any atom is -0.357 e. The lowest BCUT2D eigenvalue weighted by molar-refractivity contribution is 0.0521. The average molecular weight is 561 g/mol. The Labute approximate surface area is 248 Å². The highest BCUT2D eigenvalue weighted by Crippen LogP contribution is 2.48. The first kappa shape index (κ1) is 32.4. The lowest BCUT2D eigenvalue weighted by Crippen LogP contribution is -2.52. The summed E-state index contributed by atoms with van der Waals surface area (Å²) in [6, 6.07) is 22.8. The molecule has 2 aromatic carbocycles. The van der Waals surface area contributed by atoms with Crippen LogP contribution in [-0.4, -0.2) is 67.2 Å². The largest absolute Gasteiger partial charge is 0.357 e.